The first-order chi connectivity index (χ1) is 18.6. The second-order valence-electron chi connectivity index (χ2n) is 10.0. The third-order valence-electron chi connectivity index (χ3n) is 6.75. The van der Waals surface area contributed by atoms with Crippen molar-refractivity contribution in [3.63, 3.8) is 0 Å². The number of ether oxygens (including phenoxy) is 1. The predicted octanol–water partition coefficient (Wildman–Crippen LogP) is 6.96. The van der Waals surface area contributed by atoms with Gasteiger partial charge in [0.2, 0.25) is 0 Å². The van der Waals surface area contributed by atoms with Crippen LogP contribution < -0.4 is 10.8 Å². The van der Waals surface area contributed by atoms with Gasteiger partial charge in [-0.05, 0) is 50.6 Å². The van der Waals surface area contributed by atoms with Crippen molar-refractivity contribution in [2.24, 2.45) is 5.50 Å². The Bertz CT molecular complexity index is 1230. The molecule has 1 aliphatic rings. The van der Waals surface area contributed by atoms with E-state index >= 15 is 0 Å². The van der Waals surface area contributed by atoms with Gasteiger partial charge in [0.25, 0.3) is 7.52 Å². The molecule has 9 heteroatoms. The normalized spacial score (nSPS) is 17.3. The Hall–Kier alpha value is -2.41. The maximum atomic E-state index is 13.9. The summed E-state index contributed by atoms with van der Waals surface area (Å²) in [6, 6.07) is 17.3. The number of allylic oxidation sites excluding steroid dienone is 3. The fraction of sp³-hybridized carbons (Fsp3) is 0.433. The number of unbranched alkanes of at least 4 members (excludes halogenated alkanes) is 3. The molecule has 2 aromatic rings. The maximum absolute atomic E-state index is 13.9. The van der Waals surface area contributed by atoms with E-state index < -0.39 is 19.4 Å². The van der Waals surface area contributed by atoms with Crippen molar-refractivity contribution in [1.29, 1.82) is 0 Å². The van der Waals surface area contributed by atoms with Gasteiger partial charge in [-0.3, -0.25) is 15.0 Å². The number of likely N-dealkylation sites (N-methyl/N-ethyl adjacent to an activating group) is 1. The second kappa shape index (κ2) is 14.8. The summed E-state index contributed by atoms with van der Waals surface area (Å²) >= 11 is 6.34. The molecule has 0 spiro atoms. The van der Waals surface area contributed by atoms with Gasteiger partial charge in [0.15, 0.2) is 0 Å². The van der Waals surface area contributed by atoms with Gasteiger partial charge in [-0.15, -0.1) is 0 Å². The molecule has 0 saturated heterocycles. The fourth-order valence-electron chi connectivity index (χ4n) is 4.82. The van der Waals surface area contributed by atoms with Crippen molar-refractivity contribution in [3.8, 4) is 0 Å². The molecule has 2 unspecified atom stereocenters. The summed E-state index contributed by atoms with van der Waals surface area (Å²) in [6.07, 6.45) is 3.89. The van der Waals surface area contributed by atoms with Crippen molar-refractivity contribution in [1.82, 2.24) is 10.2 Å². The molecule has 3 rings (SSSR count). The molecule has 3 N–H and O–H groups in total. The minimum atomic E-state index is -3.77. The smallest absolute Gasteiger partial charge is 0.336 e. The molecular weight excluding hydrogens is 533 g/mol. The number of carbonyl (C=O) groups excluding carboxylic acids is 1. The number of halogens is 1. The summed E-state index contributed by atoms with van der Waals surface area (Å²) in [6.45, 7) is 7.52. The van der Waals surface area contributed by atoms with E-state index in [1.54, 1.807) is 25.1 Å². The van der Waals surface area contributed by atoms with Crippen LogP contribution in [-0.2, 0) is 25.2 Å². The number of hydrogen-bond donors (Lipinski definition) is 2. The first-order valence-electron chi connectivity index (χ1n) is 13.5. The van der Waals surface area contributed by atoms with E-state index in [9.17, 15) is 9.36 Å². The topological polar surface area (TPSA) is 93.9 Å². The SMILES string of the molecule is CCCCCCOP(N)(=O)C1=C(C)NC(C)=C(C(=O)OCCN(C)Cc2ccccc2)C1c1cccc(Cl)c1. The van der Waals surface area contributed by atoms with Crippen molar-refractivity contribution in [3.05, 3.63) is 93.0 Å². The van der Waals surface area contributed by atoms with Crippen LogP contribution in [0.15, 0.2) is 76.9 Å². The van der Waals surface area contributed by atoms with Crippen LogP contribution in [0.4, 0.5) is 0 Å². The lowest BCUT2D eigenvalue weighted by Crippen LogP contribution is -2.31. The number of nitrogens with one attached hydrogen (secondary N) is 1. The van der Waals surface area contributed by atoms with E-state index in [0.717, 1.165) is 32.2 Å². The molecule has 0 amide bonds. The number of hydrogen-bond acceptors (Lipinski definition) is 6. The molecule has 212 valence electrons. The summed E-state index contributed by atoms with van der Waals surface area (Å²) in [4.78, 5) is 15.7. The number of rotatable bonds is 14. The lowest BCUT2D eigenvalue weighted by atomic mass is 9.86. The summed E-state index contributed by atoms with van der Waals surface area (Å²) < 4.78 is 25.5. The van der Waals surface area contributed by atoms with E-state index in [1.807, 2.05) is 38.2 Å². The van der Waals surface area contributed by atoms with Crippen LogP contribution >= 0.6 is 19.1 Å². The summed E-state index contributed by atoms with van der Waals surface area (Å²) in [7, 11) is -1.79. The van der Waals surface area contributed by atoms with Crippen molar-refractivity contribution >= 4 is 25.1 Å². The number of dihydropyridines is 1. The van der Waals surface area contributed by atoms with Crippen LogP contribution in [0, 0.1) is 0 Å². The highest BCUT2D eigenvalue weighted by atomic mass is 35.5. The number of nitrogens with two attached hydrogens (primary N) is 1. The second-order valence-corrected chi connectivity index (χ2v) is 12.4. The lowest BCUT2D eigenvalue weighted by Gasteiger charge is -2.34. The quantitative estimate of drug-likeness (QED) is 0.143. The van der Waals surface area contributed by atoms with Gasteiger partial charge in [0, 0.05) is 29.5 Å². The van der Waals surface area contributed by atoms with Crippen LogP contribution in [-0.4, -0.2) is 37.7 Å². The highest BCUT2D eigenvalue weighted by Crippen LogP contribution is 2.58. The zero-order chi connectivity index (χ0) is 28.4. The maximum Gasteiger partial charge on any atom is 0.336 e. The van der Waals surface area contributed by atoms with Crippen molar-refractivity contribution in [2.75, 3.05) is 26.8 Å². The van der Waals surface area contributed by atoms with Crippen LogP contribution in [0.3, 0.4) is 0 Å². The van der Waals surface area contributed by atoms with Gasteiger partial charge in [0.05, 0.1) is 23.4 Å². The van der Waals surface area contributed by atoms with Crippen molar-refractivity contribution < 1.29 is 18.6 Å². The minimum Gasteiger partial charge on any atom is -0.461 e. The Balaban J connectivity index is 1.81. The molecule has 2 atom stereocenters. The molecule has 0 saturated carbocycles. The lowest BCUT2D eigenvalue weighted by molar-refractivity contribution is -0.139. The molecule has 2 aromatic carbocycles. The van der Waals surface area contributed by atoms with E-state index in [4.69, 9.17) is 26.4 Å². The molecule has 0 aromatic heterocycles. The molecule has 39 heavy (non-hydrogen) atoms. The third kappa shape index (κ3) is 8.79. The van der Waals surface area contributed by atoms with E-state index in [0.29, 0.717) is 39.4 Å². The van der Waals surface area contributed by atoms with E-state index in [-0.39, 0.29) is 13.2 Å². The Labute approximate surface area is 237 Å². The number of nitrogens with zero attached hydrogens (tertiary/aromatic N) is 1. The van der Waals surface area contributed by atoms with Crippen LogP contribution in [0.25, 0.3) is 0 Å². The molecule has 0 fully saturated rings. The average molecular weight is 574 g/mol. The summed E-state index contributed by atoms with van der Waals surface area (Å²) in [5, 5.41) is 4.07. The monoisotopic (exact) mass is 573 g/mol. The van der Waals surface area contributed by atoms with Crippen LogP contribution in [0.5, 0.6) is 0 Å². The van der Waals surface area contributed by atoms with Gasteiger partial charge < -0.3 is 14.6 Å². The minimum absolute atomic E-state index is 0.202. The highest BCUT2D eigenvalue weighted by molar-refractivity contribution is 7.61. The number of esters is 1. The Morgan fingerprint density at radius 1 is 1.05 bits per heavy atom. The van der Waals surface area contributed by atoms with E-state index in [2.05, 4.69) is 29.3 Å². The van der Waals surface area contributed by atoms with Gasteiger partial charge in [-0.1, -0.05) is 80.3 Å². The van der Waals surface area contributed by atoms with Crippen LogP contribution in [0.1, 0.15) is 63.5 Å². The largest absolute Gasteiger partial charge is 0.461 e. The summed E-state index contributed by atoms with van der Waals surface area (Å²) in [5.74, 6) is -1.21. The summed E-state index contributed by atoms with van der Waals surface area (Å²) in [5.41, 5.74) is 9.86. The van der Waals surface area contributed by atoms with Gasteiger partial charge >= 0.3 is 5.97 Å². The van der Waals surface area contributed by atoms with Crippen molar-refractivity contribution in [2.45, 2.75) is 58.9 Å². The zero-order valence-electron chi connectivity index (χ0n) is 23.4. The molecule has 0 bridgehead atoms. The zero-order valence-corrected chi connectivity index (χ0v) is 25.1. The van der Waals surface area contributed by atoms with E-state index in [1.165, 1.54) is 5.56 Å². The van der Waals surface area contributed by atoms with Crippen LogP contribution in [0.2, 0.25) is 5.02 Å². The first kappa shape index (κ1) is 31.1. The molecular formula is C30H41ClN3O4P. The standard InChI is InChI=1S/C30H41ClN3O4P/c1-5-6-7-11-18-38-39(32,36)29-23(3)33-22(2)27(28(29)25-15-12-16-26(31)20-25)30(35)37-19-17-34(4)21-24-13-9-8-10-14-24/h8-10,12-16,20,28,33H,5-7,11,17-19,21H2,1-4H3,(H2,32,36). The Morgan fingerprint density at radius 2 is 1.79 bits per heavy atom. The average Bonchev–Trinajstić information content (AvgIpc) is 2.88. The van der Waals surface area contributed by atoms with Gasteiger partial charge in [-0.25, -0.2) is 4.79 Å². The highest BCUT2D eigenvalue weighted by Gasteiger charge is 2.42. The van der Waals surface area contributed by atoms with Gasteiger partial charge in [0.1, 0.15) is 6.61 Å². The Kier molecular flexibility index (Phi) is 11.8. The fourth-order valence-corrected chi connectivity index (χ4v) is 6.72. The molecule has 1 aliphatic heterocycles. The van der Waals surface area contributed by atoms with Gasteiger partial charge in [-0.2, -0.15) is 0 Å². The third-order valence-corrected chi connectivity index (χ3v) is 8.81. The number of benzene rings is 2. The predicted molar refractivity (Wildman–Crippen MR) is 158 cm³/mol. The number of carbonyl (C=O) groups is 1. The Morgan fingerprint density at radius 3 is 2.49 bits per heavy atom. The molecule has 1 heterocycles. The molecule has 0 aliphatic carbocycles. The molecule has 7 nitrogen and oxygen atoms in total. The molecule has 0 radical (unpaired) electrons. The first-order valence-corrected chi connectivity index (χ1v) is 15.6.